The van der Waals surface area contributed by atoms with Crippen molar-refractivity contribution in [3.63, 3.8) is 0 Å². The largest absolute Gasteiger partial charge is 0.351 e. The number of nitrogens with one attached hydrogen (secondary N) is 1. The number of primary amides is 1. The Bertz CT molecular complexity index is 375. The van der Waals surface area contributed by atoms with E-state index < -0.39 is 17.8 Å². The first kappa shape index (κ1) is 10.6. The van der Waals surface area contributed by atoms with Crippen molar-refractivity contribution in [2.75, 3.05) is 0 Å². The van der Waals surface area contributed by atoms with Crippen LogP contribution in [0.1, 0.15) is 10.4 Å². The number of imide groups is 1. The van der Waals surface area contributed by atoms with Crippen LogP contribution in [0.25, 0.3) is 0 Å². The van der Waals surface area contributed by atoms with Gasteiger partial charge in [0.25, 0.3) is 5.91 Å². The van der Waals surface area contributed by atoms with Crippen molar-refractivity contribution < 1.29 is 14.0 Å². The Kier molecular flexibility index (Phi) is 3.19. The Morgan fingerprint density at radius 1 is 1.36 bits per heavy atom. The zero-order valence-corrected chi connectivity index (χ0v) is 8.47. The molecule has 6 heteroatoms. The van der Waals surface area contributed by atoms with E-state index in [2.05, 4.69) is 15.9 Å². The number of urea groups is 1. The molecule has 0 fully saturated rings. The molecule has 1 aromatic rings. The Morgan fingerprint density at radius 2 is 2.00 bits per heavy atom. The predicted molar refractivity (Wildman–Crippen MR) is 51.1 cm³/mol. The summed E-state index contributed by atoms with van der Waals surface area (Å²) >= 11 is 3.01. The molecule has 0 atom stereocenters. The zero-order valence-electron chi connectivity index (χ0n) is 6.88. The van der Waals surface area contributed by atoms with Gasteiger partial charge in [0, 0.05) is 10.0 Å². The summed E-state index contributed by atoms with van der Waals surface area (Å²) in [5.41, 5.74) is 4.75. The number of benzene rings is 1. The summed E-state index contributed by atoms with van der Waals surface area (Å²) in [6, 6.07) is 2.60. The van der Waals surface area contributed by atoms with Gasteiger partial charge in [0.2, 0.25) is 0 Å². The number of hydrogen-bond donors (Lipinski definition) is 2. The molecule has 0 aromatic heterocycles. The van der Waals surface area contributed by atoms with Crippen LogP contribution in [0.15, 0.2) is 22.7 Å². The summed E-state index contributed by atoms with van der Waals surface area (Å²) < 4.78 is 13.2. The van der Waals surface area contributed by atoms with Gasteiger partial charge in [-0.2, -0.15) is 0 Å². The summed E-state index contributed by atoms with van der Waals surface area (Å²) in [5, 5.41) is 1.83. The molecule has 1 rings (SSSR count). The first-order chi connectivity index (χ1) is 6.49. The second kappa shape index (κ2) is 4.19. The summed E-state index contributed by atoms with van der Waals surface area (Å²) in [4.78, 5) is 21.5. The van der Waals surface area contributed by atoms with Gasteiger partial charge in [-0.15, -0.1) is 0 Å². The molecule has 0 radical (unpaired) electrons. The normalized spacial score (nSPS) is 9.57. The van der Waals surface area contributed by atoms with Crippen LogP contribution < -0.4 is 11.1 Å². The number of carbonyl (C=O) groups is 2. The van der Waals surface area contributed by atoms with Crippen LogP contribution in [-0.4, -0.2) is 11.9 Å². The number of amides is 3. The standard InChI is InChI=1S/C8H6BrFN2O2/c9-5-1-4(2-6(10)3-5)7(13)12-8(11)14/h1-3H,(H3,11,12,13,14). The molecule has 1 aromatic carbocycles. The second-order valence-electron chi connectivity index (χ2n) is 2.48. The minimum atomic E-state index is -0.976. The van der Waals surface area contributed by atoms with Gasteiger partial charge in [-0.1, -0.05) is 15.9 Å². The highest BCUT2D eigenvalue weighted by Gasteiger charge is 2.09. The zero-order chi connectivity index (χ0) is 10.7. The van der Waals surface area contributed by atoms with E-state index >= 15 is 0 Å². The van der Waals surface area contributed by atoms with Gasteiger partial charge in [0.05, 0.1) is 0 Å². The lowest BCUT2D eigenvalue weighted by molar-refractivity contribution is 0.0965. The Hall–Kier alpha value is -1.43. The first-order valence-electron chi connectivity index (χ1n) is 3.56. The molecule has 3 amide bonds. The van der Waals surface area contributed by atoms with Gasteiger partial charge in [0.15, 0.2) is 0 Å². The number of hydrogen-bond acceptors (Lipinski definition) is 2. The van der Waals surface area contributed by atoms with E-state index in [1.54, 1.807) is 0 Å². The van der Waals surface area contributed by atoms with Crippen molar-refractivity contribution >= 4 is 27.9 Å². The third-order valence-corrected chi connectivity index (χ3v) is 1.82. The molecule has 0 spiro atoms. The van der Waals surface area contributed by atoms with Gasteiger partial charge in [-0.05, 0) is 18.2 Å². The van der Waals surface area contributed by atoms with Crippen molar-refractivity contribution in [1.29, 1.82) is 0 Å². The highest BCUT2D eigenvalue weighted by Crippen LogP contribution is 2.14. The molecule has 0 heterocycles. The minimum Gasteiger partial charge on any atom is -0.351 e. The molecule has 0 aliphatic heterocycles. The molecule has 0 bridgehead atoms. The lowest BCUT2D eigenvalue weighted by Crippen LogP contribution is -2.34. The fourth-order valence-electron chi connectivity index (χ4n) is 0.869. The topological polar surface area (TPSA) is 72.2 Å². The maximum atomic E-state index is 12.8. The molecule has 0 saturated carbocycles. The molecule has 0 saturated heterocycles. The Labute approximate surface area is 87.4 Å². The lowest BCUT2D eigenvalue weighted by Gasteiger charge is -2.01. The van der Waals surface area contributed by atoms with Crippen molar-refractivity contribution in [2.45, 2.75) is 0 Å². The molecule has 14 heavy (non-hydrogen) atoms. The highest BCUT2D eigenvalue weighted by molar-refractivity contribution is 9.10. The molecule has 0 unspecified atom stereocenters. The molecule has 74 valence electrons. The Morgan fingerprint density at radius 3 is 2.50 bits per heavy atom. The van der Waals surface area contributed by atoms with E-state index in [1.807, 2.05) is 5.32 Å². The summed E-state index contributed by atoms with van der Waals surface area (Å²) in [7, 11) is 0. The van der Waals surface area contributed by atoms with E-state index in [1.165, 1.54) is 12.1 Å². The fourth-order valence-corrected chi connectivity index (χ4v) is 1.33. The van der Waals surface area contributed by atoms with Crippen molar-refractivity contribution in [3.05, 3.63) is 34.1 Å². The van der Waals surface area contributed by atoms with E-state index in [-0.39, 0.29) is 5.56 Å². The molecule has 4 nitrogen and oxygen atoms in total. The molecular weight excluding hydrogens is 255 g/mol. The third-order valence-electron chi connectivity index (χ3n) is 1.36. The molecule has 0 aliphatic carbocycles. The number of rotatable bonds is 1. The number of carbonyl (C=O) groups excluding carboxylic acids is 2. The molecular formula is C8H6BrFN2O2. The van der Waals surface area contributed by atoms with Crippen LogP contribution in [0.5, 0.6) is 0 Å². The van der Waals surface area contributed by atoms with E-state index in [0.717, 1.165) is 6.07 Å². The quantitative estimate of drug-likeness (QED) is 0.801. The summed E-state index contributed by atoms with van der Waals surface area (Å²) in [6.45, 7) is 0. The van der Waals surface area contributed by atoms with Gasteiger partial charge >= 0.3 is 6.03 Å². The maximum Gasteiger partial charge on any atom is 0.319 e. The third kappa shape index (κ3) is 2.81. The summed E-state index contributed by atoms with van der Waals surface area (Å²) in [5.74, 6) is -1.31. The van der Waals surface area contributed by atoms with Crippen LogP contribution >= 0.6 is 15.9 Å². The maximum absolute atomic E-state index is 12.8. The smallest absolute Gasteiger partial charge is 0.319 e. The fraction of sp³-hybridized carbons (Fsp3) is 0. The van der Waals surface area contributed by atoms with Crippen molar-refractivity contribution in [3.8, 4) is 0 Å². The van der Waals surface area contributed by atoms with Crippen LogP contribution in [0.4, 0.5) is 9.18 Å². The number of nitrogens with two attached hydrogens (primary N) is 1. The number of halogens is 2. The SMILES string of the molecule is NC(=O)NC(=O)c1cc(F)cc(Br)c1. The van der Waals surface area contributed by atoms with E-state index in [9.17, 15) is 14.0 Å². The average molecular weight is 261 g/mol. The summed E-state index contributed by atoms with van der Waals surface area (Å²) in [6.07, 6.45) is 0. The minimum absolute atomic E-state index is 0.0238. The van der Waals surface area contributed by atoms with Gasteiger partial charge in [-0.25, -0.2) is 9.18 Å². The van der Waals surface area contributed by atoms with Crippen LogP contribution in [0.2, 0.25) is 0 Å². The van der Waals surface area contributed by atoms with Gasteiger partial charge in [0.1, 0.15) is 5.82 Å². The Balaban J connectivity index is 2.95. The van der Waals surface area contributed by atoms with Gasteiger partial charge < -0.3 is 5.73 Å². The average Bonchev–Trinajstić information content (AvgIpc) is 2.00. The van der Waals surface area contributed by atoms with E-state index in [0.29, 0.717) is 4.47 Å². The van der Waals surface area contributed by atoms with Crippen LogP contribution in [-0.2, 0) is 0 Å². The van der Waals surface area contributed by atoms with Crippen LogP contribution in [0, 0.1) is 5.82 Å². The molecule has 3 N–H and O–H groups in total. The van der Waals surface area contributed by atoms with Crippen molar-refractivity contribution in [2.24, 2.45) is 5.73 Å². The second-order valence-corrected chi connectivity index (χ2v) is 3.39. The van der Waals surface area contributed by atoms with Crippen LogP contribution in [0.3, 0.4) is 0 Å². The highest BCUT2D eigenvalue weighted by atomic mass is 79.9. The molecule has 0 aliphatic rings. The monoisotopic (exact) mass is 260 g/mol. The van der Waals surface area contributed by atoms with Crippen molar-refractivity contribution in [1.82, 2.24) is 5.32 Å². The van der Waals surface area contributed by atoms with E-state index in [4.69, 9.17) is 5.73 Å². The predicted octanol–water partition coefficient (Wildman–Crippen LogP) is 1.40. The lowest BCUT2D eigenvalue weighted by atomic mass is 10.2. The first-order valence-corrected chi connectivity index (χ1v) is 4.35. The van der Waals surface area contributed by atoms with Gasteiger partial charge in [-0.3, -0.25) is 10.1 Å².